The predicted octanol–water partition coefficient (Wildman–Crippen LogP) is 1.14. The predicted molar refractivity (Wildman–Crippen MR) is 70.1 cm³/mol. The summed E-state index contributed by atoms with van der Waals surface area (Å²) < 4.78 is 0. The van der Waals surface area contributed by atoms with E-state index in [9.17, 15) is 14.4 Å². The van der Waals surface area contributed by atoms with Crippen LogP contribution < -0.4 is 10.9 Å². The standard InChI is InChI=1S/C13H18N2O4/c16-11(17)7-3-1-2-4-8-14-12(18)10-6-5-9-15-13(10)19/h5-6,9H,1-4,7-8H2,(H,14,18)(H,15,19)(H,16,17). The first-order valence-corrected chi connectivity index (χ1v) is 6.29. The van der Waals surface area contributed by atoms with Crippen molar-refractivity contribution in [1.29, 1.82) is 0 Å². The van der Waals surface area contributed by atoms with Crippen LogP contribution in [0.5, 0.6) is 0 Å². The molecular weight excluding hydrogens is 248 g/mol. The number of aromatic nitrogens is 1. The molecule has 0 radical (unpaired) electrons. The van der Waals surface area contributed by atoms with Crippen molar-refractivity contribution in [1.82, 2.24) is 10.3 Å². The fraction of sp³-hybridized carbons (Fsp3) is 0.462. The molecule has 0 atom stereocenters. The molecule has 19 heavy (non-hydrogen) atoms. The lowest BCUT2D eigenvalue weighted by molar-refractivity contribution is -0.137. The number of unbranched alkanes of at least 4 members (excludes halogenated alkanes) is 3. The lowest BCUT2D eigenvalue weighted by Gasteiger charge is -2.04. The average molecular weight is 266 g/mol. The van der Waals surface area contributed by atoms with E-state index in [1.54, 1.807) is 6.07 Å². The van der Waals surface area contributed by atoms with Crippen LogP contribution in [0.4, 0.5) is 0 Å². The van der Waals surface area contributed by atoms with Gasteiger partial charge in [-0.15, -0.1) is 0 Å². The first-order valence-electron chi connectivity index (χ1n) is 6.29. The Morgan fingerprint density at radius 2 is 1.95 bits per heavy atom. The highest BCUT2D eigenvalue weighted by atomic mass is 16.4. The summed E-state index contributed by atoms with van der Waals surface area (Å²) in [6.45, 7) is 0.486. The Morgan fingerprint density at radius 3 is 2.63 bits per heavy atom. The number of hydrogen-bond donors (Lipinski definition) is 3. The number of hydrogen-bond acceptors (Lipinski definition) is 3. The maximum Gasteiger partial charge on any atom is 0.303 e. The van der Waals surface area contributed by atoms with Crippen molar-refractivity contribution in [2.45, 2.75) is 32.1 Å². The van der Waals surface area contributed by atoms with Gasteiger partial charge in [-0.2, -0.15) is 0 Å². The highest BCUT2D eigenvalue weighted by molar-refractivity contribution is 5.93. The number of amides is 1. The van der Waals surface area contributed by atoms with Crippen molar-refractivity contribution in [2.75, 3.05) is 6.54 Å². The molecule has 6 heteroatoms. The van der Waals surface area contributed by atoms with Crippen LogP contribution in [0.1, 0.15) is 42.5 Å². The van der Waals surface area contributed by atoms with Gasteiger partial charge in [0.1, 0.15) is 5.56 Å². The van der Waals surface area contributed by atoms with Gasteiger partial charge in [0.15, 0.2) is 0 Å². The quantitative estimate of drug-likeness (QED) is 0.614. The number of nitrogens with one attached hydrogen (secondary N) is 2. The zero-order valence-electron chi connectivity index (χ0n) is 10.6. The van der Waals surface area contributed by atoms with E-state index >= 15 is 0 Å². The van der Waals surface area contributed by atoms with Gasteiger partial charge in [-0.3, -0.25) is 14.4 Å². The summed E-state index contributed by atoms with van der Waals surface area (Å²) in [5, 5.41) is 11.1. The number of aliphatic carboxylic acids is 1. The summed E-state index contributed by atoms with van der Waals surface area (Å²) >= 11 is 0. The van der Waals surface area contributed by atoms with Gasteiger partial charge in [-0.25, -0.2) is 0 Å². The molecule has 0 saturated carbocycles. The van der Waals surface area contributed by atoms with Gasteiger partial charge in [0.2, 0.25) is 0 Å². The normalized spacial score (nSPS) is 10.1. The van der Waals surface area contributed by atoms with Crippen LogP contribution in [0, 0.1) is 0 Å². The molecule has 0 fully saturated rings. The lowest BCUT2D eigenvalue weighted by Crippen LogP contribution is -2.29. The van der Waals surface area contributed by atoms with E-state index in [1.165, 1.54) is 12.3 Å². The average Bonchev–Trinajstić information content (AvgIpc) is 2.37. The number of carboxylic acid groups (broad SMARTS) is 1. The largest absolute Gasteiger partial charge is 0.481 e. The Balaban J connectivity index is 2.16. The second kappa shape index (κ2) is 8.07. The summed E-state index contributed by atoms with van der Waals surface area (Å²) in [5.74, 6) is -1.16. The number of carbonyl (C=O) groups is 2. The minimum atomic E-state index is -0.781. The summed E-state index contributed by atoms with van der Waals surface area (Å²) in [6.07, 6.45) is 4.78. The molecule has 1 aromatic rings. The summed E-state index contributed by atoms with van der Waals surface area (Å²) in [4.78, 5) is 35.7. The van der Waals surface area contributed by atoms with E-state index in [4.69, 9.17) is 5.11 Å². The molecule has 104 valence electrons. The minimum Gasteiger partial charge on any atom is -0.481 e. The lowest BCUT2D eigenvalue weighted by atomic mass is 10.1. The van der Waals surface area contributed by atoms with Gasteiger partial charge in [-0.05, 0) is 25.0 Å². The van der Waals surface area contributed by atoms with Crippen molar-refractivity contribution >= 4 is 11.9 Å². The van der Waals surface area contributed by atoms with Crippen LogP contribution in [0.3, 0.4) is 0 Å². The zero-order chi connectivity index (χ0) is 14.1. The summed E-state index contributed by atoms with van der Waals surface area (Å²) in [5.41, 5.74) is -0.296. The molecule has 1 heterocycles. The first-order chi connectivity index (χ1) is 9.11. The van der Waals surface area contributed by atoms with Crippen molar-refractivity contribution in [2.24, 2.45) is 0 Å². The van der Waals surface area contributed by atoms with Gasteiger partial charge < -0.3 is 15.4 Å². The molecule has 0 spiro atoms. The van der Waals surface area contributed by atoms with Gasteiger partial charge in [-0.1, -0.05) is 12.8 Å². The maximum absolute atomic E-state index is 11.6. The highest BCUT2D eigenvalue weighted by Gasteiger charge is 2.08. The Morgan fingerprint density at radius 1 is 1.21 bits per heavy atom. The minimum absolute atomic E-state index is 0.105. The van der Waals surface area contributed by atoms with Crippen molar-refractivity contribution in [3.05, 3.63) is 34.2 Å². The van der Waals surface area contributed by atoms with E-state index in [1.807, 2.05) is 0 Å². The van der Waals surface area contributed by atoms with E-state index in [2.05, 4.69) is 10.3 Å². The van der Waals surface area contributed by atoms with Crippen molar-refractivity contribution in [3.63, 3.8) is 0 Å². The highest BCUT2D eigenvalue weighted by Crippen LogP contribution is 2.02. The third kappa shape index (κ3) is 5.85. The number of carboxylic acids is 1. The second-order valence-electron chi connectivity index (χ2n) is 4.23. The number of rotatable bonds is 8. The Hall–Kier alpha value is -2.11. The molecule has 0 saturated heterocycles. The molecule has 1 rings (SSSR count). The molecule has 0 bridgehead atoms. The zero-order valence-corrected chi connectivity index (χ0v) is 10.6. The van der Waals surface area contributed by atoms with Crippen LogP contribution in [0.25, 0.3) is 0 Å². The number of H-pyrrole nitrogens is 1. The van der Waals surface area contributed by atoms with Crippen LogP contribution in [0.2, 0.25) is 0 Å². The van der Waals surface area contributed by atoms with Crippen LogP contribution in [0.15, 0.2) is 23.1 Å². The molecule has 0 aliphatic heterocycles. The SMILES string of the molecule is O=C(O)CCCCCCNC(=O)c1ccc[nH]c1=O. The Kier molecular flexibility index (Phi) is 6.35. The van der Waals surface area contributed by atoms with Gasteiger partial charge >= 0.3 is 5.97 Å². The molecule has 1 aromatic heterocycles. The second-order valence-corrected chi connectivity index (χ2v) is 4.23. The smallest absolute Gasteiger partial charge is 0.303 e. The molecule has 0 aromatic carbocycles. The molecule has 3 N–H and O–H groups in total. The van der Waals surface area contributed by atoms with Crippen LogP contribution in [-0.4, -0.2) is 28.5 Å². The van der Waals surface area contributed by atoms with Gasteiger partial charge in [0.05, 0.1) is 0 Å². The number of aromatic amines is 1. The van der Waals surface area contributed by atoms with E-state index in [0.29, 0.717) is 13.0 Å². The number of carbonyl (C=O) groups excluding carboxylic acids is 1. The molecule has 0 aliphatic rings. The van der Waals surface area contributed by atoms with Gasteiger partial charge in [0.25, 0.3) is 11.5 Å². The fourth-order valence-corrected chi connectivity index (χ4v) is 1.65. The van der Waals surface area contributed by atoms with Gasteiger partial charge in [0, 0.05) is 19.2 Å². The third-order valence-electron chi connectivity index (χ3n) is 2.67. The molecule has 0 unspecified atom stereocenters. The third-order valence-corrected chi connectivity index (χ3v) is 2.67. The van der Waals surface area contributed by atoms with Crippen molar-refractivity contribution in [3.8, 4) is 0 Å². The fourth-order valence-electron chi connectivity index (χ4n) is 1.65. The molecule has 6 nitrogen and oxygen atoms in total. The topological polar surface area (TPSA) is 99.3 Å². The van der Waals surface area contributed by atoms with E-state index < -0.39 is 11.5 Å². The van der Waals surface area contributed by atoms with E-state index in [0.717, 1.165) is 19.3 Å². The van der Waals surface area contributed by atoms with E-state index in [-0.39, 0.29) is 17.9 Å². The number of pyridine rings is 1. The maximum atomic E-state index is 11.6. The van der Waals surface area contributed by atoms with Crippen LogP contribution in [-0.2, 0) is 4.79 Å². The monoisotopic (exact) mass is 266 g/mol. The van der Waals surface area contributed by atoms with Crippen molar-refractivity contribution < 1.29 is 14.7 Å². The molecule has 1 amide bonds. The first kappa shape index (κ1) is 14.9. The molecule has 0 aliphatic carbocycles. The Bertz CT molecular complexity index is 482. The Labute approximate surface area is 110 Å². The van der Waals surface area contributed by atoms with Crippen LogP contribution >= 0.6 is 0 Å². The summed E-state index contributed by atoms with van der Waals surface area (Å²) in [7, 11) is 0. The molecular formula is C13H18N2O4. The summed E-state index contributed by atoms with van der Waals surface area (Å²) in [6, 6.07) is 3.07.